The molecule has 1 heterocycles. The number of carbonyl (C=O) groups excluding carboxylic acids is 2. The molecule has 25 heavy (non-hydrogen) atoms. The first-order valence-corrected chi connectivity index (χ1v) is 7.09. The van der Waals surface area contributed by atoms with Crippen LogP contribution in [0.2, 0.25) is 0 Å². The van der Waals surface area contributed by atoms with Gasteiger partial charge in [-0.2, -0.15) is 5.10 Å². The zero-order valence-electron chi connectivity index (χ0n) is 13.8. The first kappa shape index (κ1) is 17.9. The highest BCUT2D eigenvalue weighted by Crippen LogP contribution is 2.38. The minimum Gasteiger partial charge on any atom is -0.493 e. The minimum atomic E-state index is -0.505. The Hall–Kier alpha value is -3.49. The summed E-state index contributed by atoms with van der Waals surface area (Å²) in [5, 5.41) is 3.85. The van der Waals surface area contributed by atoms with Crippen LogP contribution in [0.25, 0.3) is 0 Å². The van der Waals surface area contributed by atoms with Crippen molar-refractivity contribution in [1.29, 1.82) is 0 Å². The molecule has 9 heteroatoms. The standard InChI is InChI=1S/C16H16N4O5/c1-10(21)25-15-13(23-2)6-11(7-14(15)24-3)8-19-20-16(22)12-9-17-4-5-18-12/h4-9H,1-3H3,(H,20,22). The molecule has 2 aromatic rings. The molecule has 0 radical (unpaired) electrons. The molecular formula is C16H16N4O5. The van der Waals surface area contributed by atoms with Gasteiger partial charge in [-0.25, -0.2) is 10.4 Å². The molecule has 0 bridgehead atoms. The number of nitrogens with zero attached hydrogens (tertiary/aromatic N) is 3. The van der Waals surface area contributed by atoms with Gasteiger partial charge in [0, 0.05) is 24.9 Å². The van der Waals surface area contributed by atoms with Gasteiger partial charge in [0.1, 0.15) is 5.69 Å². The summed E-state index contributed by atoms with van der Waals surface area (Å²) in [7, 11) is 2.86. The van der Waals surface area contributed by atoms with Crippen molar-refractivity contribution in [1.82, 2.24) is 15.4 Å². The van der Waals surface area contributed by atoms with E-state index in [1.54, 1.807) is 12.1 Å². The van der Waals surface area contributed by atoms with Gasteiger partial charge in [0.15, 0.2) is 11.5 Å². The van der Waals surface area contributed by atoms with E-state index in [1.165, 1.54) is 45.9 Å². The summed E-state index contributed by atoms with van der Waals surface area (Å²) < 4.78 is 15.5. The van der Waals surface area contributed by atoms with E-state index in [-0.39, 0.29) is 22.9 Å². The lowest BCUT2D eigenvalue weighted by Gasteiger charge is -2.13. The van der Waals surface area contributed by atoms with Crippen LogP contribution in [0.1, 0.15) is 23.0 Å². The molecule has 1 N–H and O–H groups in total. The Labute approximate surface area is 143 Å². The van der Waals surface area contributed by atoms with Crippen molar-refractivity contribution in [3.05, 3.63) is 42.0 Å². The van der Waals surface area contributed by atoms with Gasteiger partial charge in [-0.05, 0) is 12.1 Å². The van der Waals surface area contributed by atoms with Crippen molar-refractivity contribution in [3.63, 3.8) is 0 Å². The molecule has 1 aromatic carbocycles. The fraction of sp³-hybridized carbons (Fsp3) is 0.188. The molecule has 0 spiro atoms. The highest BCUT2D eigenvalue weighted by atomic mass is 16.6. The normalized spacial score (nSPS) is 10.4. The zero-order valence-corrected chi connectivity index (χ0v) is 13.8. The lowest BCUT2D eigenvalue weighted by molar-refractivity contribution is -0.132. The molecule has 1 amide bonds. The van der Waals surface area contributed by atoms with E-state index in [2.05, 4.69) is 20.5 Å². The number of hydrazone groups is 1. The molecule has 0 aliphatic carbocycles. The Morgan fingerprint density at radius 3 is 2.36 bits per heavy atom. The number of hydrogen-bond donors (Lipinski definition) is 1. The highest BCUT2D eigenvalue weighted by molar-refractivity contribution is 5.93. The fourth-order valence-corrected chi connectivity index (χ4v) is 1.86. The van der Waals surface area contributed by atoms with E-state index in [0.29, 0.717) is 5.56 Å². The predicted octanol–water partition coefficient (Wildman–Crippen LogP) is 1.18. The van der Waals surface area contributed by atoms with Crippen molar-refractivity contribution in [3.8, 4) is 17.2 Å². The van der Waals surface area contributed by atoms with E-state index in [9.17, 15) is 9.59 Å². The van der Waals surface area contributed by atoms with Gasteiger partial charge in [-0.15, -0.1) is 0 Å². The molecule has 1 aromatic heterocycles. The molecule has 0 saturated heterocycles. The summed E-state index contributed by atoms with van der Waals surface area (Å²) >= 11 is 0. The summed E-state index contributed by atoms with van der Waals surface area (Å²) in [5.41, 5.74) is 3.03. The van der Waals surface area contributed by atoms with Crippen molar-refractivity contribution in [2.45, 2.75) is 6.92 Å². The summed E-state index contributed by atoms with van der Waals surface area (Å²) in [5.74, 6) is -0.264. The molecule has 0 aliphatic rings. The number of carbonyl (C=O) groups is 2. The van der Waals surface area contributed by atoms with Crippen LogP contribution in [0.15, 0.2) is 35.8 Å². The number of hydrogen-bond acceptors (Lipinski definition) is 8. The number of rotatable bonds is 6. The zero-order chi connectivity index (χ0) is 18.2. The van der Waals surface area contributed by atoms with Crippen LogP contribution in [-0.4, -0.2) is 42.3 Å². The maximum atomic E-state index is 11.8. The Kier molecular flexibility index (Phi) is 5.99. The van der Waals surface area contributed by atoms with Gasteiger partial charge in [0.05, 0.1) is 26.6 Å². The van der Waals surface area contributed by atoms with Crippen LogP contribution in [0.4, 0.5) is 0 Å². The maximum absolute atomic E-state index is 11.8. The highest BCUT2D eigenvalue weighted by Gasteiger charge is 2.15. The Morgan fingerprint density at radius 2 is 1.84 bits per heavy atom. The lowest BCUT2D eigenvalue weighted by atomic mass is 10.2. The van der Waals surface area contributed by atoms with Crippen LogP contribution in [-0.2, 0) is 4.79 Å². The summed E-state index contributed by atoms with van der Waals surface area (Å²) in [6.45, 7) is 1.27. The van der Waals surface area contributed by atoms with Crippen LogP contribution in [0, 0.1) is 0 Å². The van der Waals surface area contributed by atoms with Gasteiger partial charge in [0.25, 0.3) is 5.91 Å². The van der Waals surface area contributed by atoms with Crippen LogP contribution in [0.5, 0.6) is 17.2 Å². The van der Waals surface area contributed by atoms with E-state index in [4.69, 9.17) is 14.2 Å². The molecule has 9 nitrogen and oxygen atoms in total. The van der Waals surface area contributed by atoms with E-state index < -0.39 is 11.9 Å². The van der Waals surface area contributed by atoms with Gasteiger partial charge < -0.3 is 14.2 Å². The molecule has 0 aliphatic heterocycles. The van der Waals surface area contributed by atoms with Crippen molar-refractivity contribution in [2.24, 2.45) is 5.10 Å². The average molecular weight is 344 g/mol. The quantitative estimate of drug-likeness (QED) is 0.362. The van der Waals surface area contributed by atoms with Crippen LogP contribution in [0.3, 0.4) is 0 Å². The molecule has 130 valence electrons. The second-order valence-corrected chi connectivity index (χ2v) is 4.64. The van der Waals surface area contributed by atoms with Gasteiger partial charge in [0.2, 0.25) is 5.75 Å². The number of esters is 1. The first-order valence-electron chi connectivity index (χ1n) is 7.09. The number of nitrogens with one attached hydrogen (secondary N) is 1. The number of amides is 1. The van der Waals surface area contributed by atoms with Crippen LogP contribution >= 0.6 is 0 Å². The SMILES string of the molecule is COc1cc(C=NNC(=O)c2cnccn2)cc(OC)c1OC(C)=O. The number of aromatic nitrogens is 2. The van der Waals surface area contributed by atoms with Crippen molar-refractivity contribution < 1.29 is 23.8 Å². The molecular weight excluding hydrogens is 328 g/mol. The Balaban J connectivity index is 2.19. The lowest BCUT2D eigenvalue weighted by Crippen LogP contribution is -2.19. The molecule has 2 rings (SSSR count). The molecule has 0 unspecified atom stereocenters. The minimum absolute atomic E-state index is 0.139. The van der Waals surface area contributed by atoms with Crippen LogP contribution < -0.4 is 19.6 Å². The average Bonchev–Trinajstić information content (AvgIpc) is 2.62. The van der Waals surface area contributed by atoms with Gasteiger partial charge in [-0.1, -0.05) is 0 Å². The molecule has 0 saturated carbocycles. The van der Waals surface area contributed by atoms with E-state index >= 15 is 0 Å². The number of methoxy groups -OCH3 is 2. The fourth-order valence-electron chi connectivity index (χ4n) is 1.86. The predicted molar refractivity (Wildman–Crippen MR) is 87.9 cm³/mol. The smallest absolute Gasteiger partial charge is 0.308 e. The van der Waals surface area contributed by atoms with E-state index in [1.807, 2.05) is 0 Å². The van der Waals surface area contributed by atoms with Crippen molar-refractivity contribution in [2.75, 3.05) is 14.2 Å². The number of benzene rings is 1. The summed E-state index contributed by atoms with van der Waals surface area (Å²) in [6.07, 6.45) is 5.58. The molecule has 0 fully saturated rings. The van der Waals surface area contributed by atoms with Gasteiger partial charge in [-0.3, -0.25) is 14.6 Å². The third-order valence-electron chi connectivity index (χ3n) is 2.90. The summed E-state index contributed by atoms with van der Waals surface area (Å²) in [6, 6.07) is 3.16. The third-order valence-corrected chi connectivity index (χ3v) is 2.90. The van der Waals surface area contributed by atoms with E-state index in [0.717, 1.165) is 0 Å². The Morgan fingerprint density at radius 1 is 1.16 bits per heavy atom. The largest absolute Gasteiger partial charge is 0.493 e. The Bertz CT molecular complexity index is 767. The topological polar surface area (TPSA) is 112 Å². The maximum Gasteiger partial charge on any atom is 0.308 e. The number of ether oxygens (including phenoxy) is 3. The first-order chi connectivity index (χ1) is 12.0. The monoisotopic (exact) mass is 344 g/mol. The third kappa shape index (κ3) is 4.74. The van der Waals surface area contributed by atoms with Crippen molar-refractivity contribution >= 4 is 18.1 Å². The summed E-state index contributed by atoms with van der Waals surface area (Å²) in [4.78, 5) is 30.7. The second-order valence-electron chi connectivity index (χ2n) is 4.64. The second kappa shape index (κ2) is 8.39. The molecule has 0 atom stereocenters. The van der Waals surface area contributed by atoms with Gasteiger partial charge >= 0.3 is 5.97 Å².